The van der Waals surface area contributed by atoms with E-state index in [1.165, 1.54) is 0 Å². The zero-order valence-electron chi connectivity index (χ0n) is 8.50. The second-order valence-electron chi connectivity index (χ2n) is 2.13. The van der Waals surface area contributed by atoms with Crippen LogP contribution in [0.25, 0.3) is 0 Å². The summed E-state index contributed by atoms with van der Waals surface area (Å²) in [4.78, 5) is 10.4. The fourth-order valence-corrected chi connectivity index (χ4v) is 0.517. The molecule has 0 saturated carbocycles. The highest BCUT2D eigenvalue weighted by molar-refractivity contribution is 5.74. The van der Waals surface area contributed by atoms with Crippen molar-refractivity contribution in [2.75, 3.05) is 6.52 Å². The largest absolute Gasteiger partial charge is 0.480 e. The van der Waals surface area contributed by atoms with Gasteiger partial charge in [0.1, 0.15) is 6.02 Å². The molecule has 0 rings (SSSR count). The lowest BCUT2D eigenvalue weighted by Gasteiger charge is -2.06. The van der Waals surface area contributed by atoms with Crippen LogP contribution in [0.4, 0.5) is 0 Å². The van der Waals surface area contributed by atoms with Crippen LogP contribution in [0.15, 0.2) is 0 Å². The van der Waals surface area contributed by atoms with E-state index in [0.717, 1.165) is 0 Å². The Balaban J connectivity index is 3.93. The first-order valence-electron chi connectivity index (χ1n) is 4.38. The van der Waals surface area contributed by atoms with Gasteiger partial charge in [0.2, 0.25) is 0 Å². The predicted octanol–water partition coefficient (Wildman–Crippen LogP) is -1.34. The molecule has 7 N–H and O–H groups in total. The second-order valence-corrected chi connectivity index (χ2v) is 2.13. The summed E-state index contributed by atoms with van der Waals surface area (Å²) in [6.07, 6.45) is -0.150. The molecule has 1 unspecified atom stereocenters. The van der Waals surface area contributed by atoms with E-state index in [1.54, 1.807) is 0 Å². The summed E-state index contributed by atoms with van der Waals surface area (Å²) >= 11 is 0. The lowest BCUT2D eigenvalue weighted by atomic mass is 10.2. The topological polar surface area (TPSA) is 125 Å². The summed E-state index contributed by atoms with van der Waals surface area (Å²) in [7, 11) is 0. The third-order valence-electron chi connectivity index (χ3n) is 1.09. The normalized spacial score (nSPS) is 19.8. The highest BCUT2D eigenvalue weighted by Gasteiger charge is 2.09. The maximum atomic E-state index is 10.4. The Morgan fingerprint density at radius 1 is 1.92 bits per heavy atom. The standard InChI is InChI=1S/C6H14N4O2/c7-4(5(11)12)2-1-3-10-6(8)9/h4H,1-3,7H2,(H,11,12)(H4,8,9,10)/t4-/m0/s1/i3D,4D/t3?,4-. The molecule has 0 radical (unpaired) electrons. The number of guanidine groups is 1. The van der Waals surface area contributed by atoms with Crippen LogP contribution < -0.4 is 16.8 Å². The van der Waals surface area contributed by atoms with E-state index in [0.29, 0.717) is 0 Å². The Morgan fingerprint density at radius 2 is 2.50 bits per heavy atom. The van der Waals surface area contributed by atoms with Crippen molar-refractivity contribution in [3.63, 3.8) is 0 Å². The van der Waals surface area contributed by atoms with Gasteiger partial charge in [0.25, 0.3) is 0 Å². The lowest BCUT2D eigenvalue weighted by molar-refractivity contribution is -0.138. The molecular weight excluding hydrogens is 160 g/mol. The van der Waals surface area contributed by atoms with Crippen molar-refractivity contribution < 1.29 is 12.6 Å². The Kier molecular flexibility index (Phi) is 3.29. The quantitative estimate of drug-likeness (QED) is 0.262. The molecule has 0 fully saturated rings. The SMILES string of the molecule is [2H]C(CC[C@]([2H])(N)C(=O)O)NC(=N)N. The Hall–Kier alpha value is -1.30. The summed E-state index contributed by atoms with van der Waals surface area (Å²) in [5.41, 5.74) is 10.1. The number of rotatable bonds is 5. The van der Waals surface area contributed by atoms with Gasteiger partial charge >= 0.3 is 5.97 Å². The van der Waals surface area contributed by atoms with Gasteiger partial charge in [0.15, 0.2) is 5.96 Å². The van der Waals surface area contributed by atoms with Crippen molar-refractivity contribution in [2.45, 2.75) is 18.9 Å². The van der Waals surface area contributed by atoms with Crippen LogP contribution in [0.2, 0.25) is 0 Å². The van der Waals surface area contributed by atoms with Crippen molar-refractivity contribution in [1.82, 2.24) is 5.32 Å². The highest BCUT2D eigenvalue weighted by atomic mass is 16.4. The van der Waals surface area contributed by atoms with Crippen LogP contribution in [0.1, 0.15) is 15.6 Å². The first kappa shape index (κ1) is 7.35. The number of aliphatic carboxylic acids is 1. The van der Waals surface area contributed by atoms with Crippen molar-refractivity contribution in [3.05, 3.63) is 0 Å². The molecule has 0 spiro atoms. The van der Waals surface area contributed by atoms with Gasteiger partial charge in [-0.2, -0.15) is 0 Å². The monoisotopic (exact) mass is 176 g/mol. The molecule has 0 aromatic heterocycles. The van der Waals surface area contributed by atoms with Gasteiger partial charge in [0, 0.05) is 7.89 Å². The fraction of sp³-hybridized carbons (Fsp3) is 0.667. The van der Waals surface area contributed by atoms with Crippen LogP contribution in [0.3, 0.4) is 0 Å². The van der Waals surface area contributed by atoms with E-state index < -0.39 is 18.5 Å². The zero-order chi connectivity index (χ0) is 11.4. The maximum Gasteiger partial charge on any atom is 0.320 e. The molecule has 0 amide bonds. The van der Waals surface area contributed by atoms with E-state index >= 15 is 0 Å². The molecule has 12 heavy (non-hydrogen) atoms. The van der Waals surface area contributed by atoms with Crippen LogP contribution >= 0.6 is 0 Å². The molecule has 0 saturated heterocycles. The van der Waals surface area contributed by atoms with E-state index in [9.17, 15) is 4.79 Å². The predicted molar refractivity (Wildman–Crippen MR) is 44.8 cm³/mol. The molecule has 0 aliphatic rings. The average Bonchev–Trinajstić information content (AvgIpc) is 1.99. The molecule has 6 nitrogen and oxygen atoms in total. The summed E-state index contributed by atoms with van der Waals surface area (Å²) in [5.74, 6) is -1.81. The molecule has 0 bridgehead atoms. The number of hydrogen-bond acceptors (Lipinski definition) is 3. The van der Waals surface area contributed by atoms with E-state index in [4.69, 9.17) is 24.7 Å². The van der Waals surface area contributed by atoms with Crippen molar-refractivity contribution in [2.24, 2.45) is 11.5 Å². The van der Waals surface area contributed by atoms with E-state index in [2.05, 4.69) is 5.32 Å². The summed E-state index contributed by atoms with van der Waals surface area (Å²) < 4.78 is 14.4. The van der Waals surface area contributed by atoms with Crippen molar-refractivity contribution >= 4 is 11.9 Å². The van der Waals surface area contributed by atoms with Crippen molar-refractivity contribution in [3.8, 4) is 0 Å². The van der Waals surface area contributed by atoms with Gasteiger partial charge in [-0.3, -0.25) is 10.2 Å². The minimum atomic E-state index is -2.09. The maximum absolute atomic E-state index is 10.4. The average molecular weight is 176 g/mol. The first-order chi connectivity index (χ1) is 6.25. The van der Waals surface area contributed by atoms with Crippen LogP contribution in [-0.4, -0.2) is 29.6 Å². The smallest absolute Gasteiger partial charge is 0.320 e. The van der Waals surface area contributed by atoms with Gasteiger partial charge in [-0.15, -0.1) is 0 Å². The Morgan fingerprint density at radius 3 is 2.92 bits per heavy atom. The molecule has 2 atom stereocenters. The molecular formula is C6H14N4O2. The zero-order valence-corrected chi connectivity index (χ0v) is 6.50. The lowest BCUT2D eigenvalue weighted by Crippen LogP contribution is -2.34. The molecule has 70 valence electrons. The molecule has 0 aliphatic heterocycles. The number of hydrogen-bond donors (Lipinski definition) is 5. The molecule has 0 aromatic rings. The third kappa shape index (κ3) is 5.48. The first-order valence-corrected chi connectivity index (χ1v) is 3.31. The molecule has 6 heteroatoms. The highest BCUT2D eigenvalue weighted by Crippen LogP contribution is 1.92. The van der Waals surface area contributed by atoms with E-state index in [1.807, 2.05) is 0 Å². The van der Waals surface area contributed by atoms with Crippen LogP contribution in [0, 0.1) is 5.41 Å². The van der Waals surface area contributed by atoms with Gasteiger partial charge in [-0.05, 0) is 12.8 Å². The number of nitrogens with two attached hydrogens (primary N) is 2. The van der Waals surface area contributed by atoms with Crippen molar-refractivity contribution in [1.29, 1.82) is 5.41 Å². The van der Waals surface area contributed by atoms with Crippen LogP contribution in [0.5, 0.6) is 0 Å². The van der Waals surface area contributed by atoms with Gasteiger partial charge in [0.05, 0.1) is 1.37 Å². The summed E-state index contributed by atoms with van der Waals surface area (Å²) in [5, 5.41) is 17.5. The molecule has 0 aliphatic carbocycles. The number of nitrogens with one attached hydrogen (secondary N) is 2. The summed E-state index contributed by atoms with van der Waals surface area (Å²) in [6, 6.07) is -2.09. The van der Waals surface area contributed by atoms with Crippen LogP contribution in [-0.2, 0) is 4.79 Å². The minimum Gasteiger partial charge on any atom is -0.480 e. The molecule has 0 heterocycles. The third-order valence-corrected chi connectivity index (χ3v) is 1.09. The molecule has 0 aromatic carbocycles. The minimum absolute atomic E-state index is 0.0336. The van der Waals surface area contributed by atoms with Gasteiger partial charge < -0.3 is 21.9 Å². The Labute approximate surface area is 73.2 Å². The number of carboxylic acids is 1. The van der Waals surface area contributed by atoms with Gasteiger partial charge in [-0.25, -0.2) is 0 Å². The van der Waals surface area contributed by atoms with Gasteiger partial charge in [-0.1, -0.05) is 0 Å². The van der Waals surface area contributed by atoms with E-state index in [-0.39, 0.29) is 18.8 Å². The fourth-order valence-electron chi connectivity index (χ4n) is 0.517. The second kappa shape index (κ2) is 5.36. The number of carboxylic acid groups (broad SMARTS) is 1. The summed E-state index contributed by atoms with van der Waals surface area (Å²) in [6.45, 7) is -0.917. The Bertz CT molecular complexity index is 234. The number of carbonyl (C=O) groups is 1.